The van der Waals surface area contributed by atoms with Crippen LogP contribution >= 0.6 is 11.3 Å². The lowest BCUT2D eigenvalue weighted by molar-refractivity contribution is -0.163. The van der Waals surface area contributed by atoms with Gasteiger partial charge in [0.25, 0.3) is 5.91 Å². The van der Waals surface area contributed by atoms with Crippen LogP contribution in [-0.4, -0.2) is 59.3 Å². The van der Waals surface area contributed by atoms with Crippen molar-refractivity contribution in [2.45, 2.75) is 37.0 Å². The molecule has 31 heavy (non-hydrogen) atoms. The number of nitrogens with zero attached hydrogens (tertiary/aromatic N) is 2. The van der Waals surface area contributed by atoms with E-state index >= 15 is 0 Å². The second-order valence-electron chi connectivity index (χ2n) is 6.62. The molecular weight excluding hydrogens is 443 g/mol. The van der Waals surface area contributed by atoms with Gasteiger partial charge < -0.3 is 26.2 Å². The molecule has 0 aliphatic heterocycles. The number of alkyl halides is 3. The molecule has 0 spiro atoms. The normalized spacial score (nSPS) is 21.8. The molecule has 0 radical (unpaired) electrons. The van der Waals surface area contributed by atoms with Crippen LogP contribution in [0.15, 0.2) is 22.5 Å². The number of hydrogen-bond acceptors (Lipinski definition) is 7. The number of nitrogens with two attached hydrogens (primary N) is 1. The van der Waals surface area contributed by atoms with Gasteiger partial charge in [-0.05, 0) is 12.8 Å². The Morgan fingerprint density at radius 1 is 1.45 bits per heavy atom. The Kier molecular flexibility index (Phi) is 7.60. The topological polar surface area (TPSA) is 156 Å². The number of ether oxygens (including phenoxy) is 1. The van der Waals surface area contributed by atoms with Gasteiger partial charge >= 0.3 is 18.1 Å². The van der Waals surface area contributed by atoms with Crippen molar-refractivity contribution in [2.24, 2.45) is 10.7 Å². The lowest BCUT2D eigenvalue weighted by Crippen LogP contribution is -2.47. The molecule has 1 saturated carbocycles. The van der Waals surface area contributed by atoms with Gasteiger partial charge in [-0.1, -0.05) is 0 Å². The number of nitrogens with one attached hydrogen (secondary N) is 2. The summed E-state index contributed by atoms with van der Waals surface area (Å²) in [6.45, 7) is -1.43. The number of carboxylic acid groups (broad SMARTS) is 1. The van der Waals surface area contributed by atoms with Crippen LogP contribution in [0, 0.1) is 0 Å². The quantitative estimate of drug-likeness (QED) is 0.204. The van der Waals surface area contributed by atoms with Crippen LogP contribution in [-0.2, 0) is 19.1 Å². The lowest BCUT2D eigenvalue weighted by Gasteiger charge is -2.26. The number of guanidine groups is 1. The first-order valence-electron chi connectivity index (χ1n) is 8.89. The molecule has 5 N–H and O–H groups in total. The predicted molar refractivity (Wildman–Crippen MR) is 105 cm³/mol. The highest BCUT2D eigenvalue weighted by molar-refractivity contribution is 7.13. The van der Waals surface area contributed by atoms with Gasteiger partial charge in [-0.15, -0.1) is 11.3 Å². The van der Waals surface area contributed by atoms with Gasteiger partial charge in [-0.3, -0.25) is 4.79 Å². The molecular formula is C17H20F3N5O5S. The molecule has 1 aromatic rings. The van der Waals surface area contributed by atoms with E-state index in [1.54, 1.807) is 5.38 Å². The molecule has 1 aliphatic rings. The molecule has 2 atom stereocenters. The summed E-state index contributed by atoms with van der Waals surface area (Å²) in [7, 11) is 1.38. The van der Waals surface area contributed by atoms with E-state index in [-0.39, 0.29) is 23.9 Å². The summed E-state index contributed by atoms with van der Waals surface area (Å²) in [6.07, 6.45) is -2.45. The van der Waals surface area contributed by atoms with E-state index in [0.717, 1.165) is 11.3 Å². The number of carbonyl (C=O) groups excluding carboxylic acids is 2. The number of carboxylic acids is 1. The first-order valence-corrected chi connectivity index (χ1v) is 9.77. The highest BCUT2D eigenvalue weighted by Gasteiger charge is 2.49. The van der Waals surface area contributed by atoms with Gasteiger partial charge in [-0.2, -0.15) is 13.2 Å². The van der Waals surface area contributed by atoms with Gasteiger partial charge in [0.15, 0.2) is 16.7 Å². The zero-order chi connectivity index (χ0) is 23.2. The van der Waals surface area contributed by atoms with Crippen molar-refractivity contribution in [1.29, 1.82) is 0 Å². The maximum atomic E-state index is 12.4. The average molecular weight is 463 g/mol. The average Bonchev–Trinajstić information content (AvgIpc) is 3.31. The largest absolute Gasteiger partial charge is 0.478 e. The van der Waals surface area contributed by atoms with E-state index < -0.39 is 42.1 Å². The smallest absolute Gasteiger partial charge is 0.408 e. The molecule has 1 heterocycles. The highest BCUT2D eigenvalue weighted by Crippen LogP contribution is 2.44. The highest BCUT2D eigenvalue weighted by atomic mass is 32.1. The molecule has 2 unspecified atom stereocenters. The van der Waals surface area contributed by atoms with E-state index in [0.29, 0.717) is 24.3 Å². The summed E-state index contributed by atoms with van der Waals surface area (Å²) in [5.41, 5.74) is 4.47. The number of amides is 1. The van der Waals surface area contributed by atoms with Crippen LogP contribution in [0.2, 0.25) is 0 Å². The standard InChI is InChI=1S/C17H20F3N5O5S/c1-22-13(29)16(30-12(28)3-2-11(26)27)5-4-9(6-16)10-7-31-15(24-10)25-14(21)23-8-17(18,19)20/h2-3,7,9H,4-6,8H2,1H3,(H,22,29)(H,26,27)(H3,21,23,24,25)/b3-2-. The third-order valence-corrected chi connectivity index (χ3v) is 5.15. The summed E-state index contributed by atoms with van der Waals surface area (Å²) in [5.74, 6) is -3.57. The number of aliphatic carboxylic acids is 1. The number of anilines is 1. The molecule has 0 saturated heterocycles. The molecule has 1 aromatic heterocycles. The van der Waals surface area contributed by atoms with Crippen LogP contribution in [0.5, 0.6) is 0 Å². The maximum absolute atomic E-state index is 12.4. The van der Waals surface area contributed by atoms with Gasteiger partial charge in [0.05, 0.1) is 5.69 Å². The molecule has 1 amide bonds. The number of rotatable bonds is 7. The van der Waals surface area contributed by atoms with Gasteiger partial charge in [0.1, 0.15) is 6.54 Å². The van der Waals surface area contributed by atoms with Crippen molar-refractivity contribution in [3.8, 4) is 0 Å². The number of esters is 1. The van der Waals surface area contributed by atoms with Crippen molar-refractivity contribution in [3.05, 3.63) is 23.2 Å². The minimum Gasteiger partial charge on any atom is -0.478 e. The zero-order valence-electron chi connectivity index (χ0n) is 16.2. The maximum Gasteiger partial charge on any atom is 0.408 e. The second kappa shape index (κ2) is 9.76. The Bertz CT molecular complexity index is 901. The Morgan fingerprint density at radius 2 is 2.16 bits per heavy atom. The van der Waals surface area contributed by atoms with Crippen molar-refractivity contribution >= 4 is 40.3 Å². The Balaban J connectivity index is 2.09. The number of carbonyl (C=O) groups is 3. The minimum absolute atomic E-state index is 0.0974. The SMILES string of the molecule is CNC(=O)C1(OC(=O)/C=C\C(=O)O)CCC(c2csc(NC(N)=NCC(F)(F)F)n2)C1. The fourth-order valence-corrected chi connectivity index (χ4v) is 3.86. The summed E-state index contributed by atoms with van der Waals surface area (Å²) in [4.78, 5) is 42.4. The van der Waals surface area contributed by atoms with Crippen LogP contribution in [0.4, 0.5) is 18.3 Å². The van der Waals surface area contributed by atoms with E-state index in [1.807, 2.05) is 0 Å². The molecule has 0 bridgehead atoms. The third-order valence-electron chi connectivity index (χ3n) is 4.38. The van der Waals surface area contributed by atoms with Gasteiger partial charge in [-0.25, -0.2) is 19.6 Å². The van der Waals surface area contributed by atoms with Crippen LogP contribution in [0.3, 0.4) is 0 Å². The predicted octanol–water partition coefficient (Wildman–Crippen LogP) is 1.37. The van der Waals surface area contributed by atoms with Crippen molar-refractivity contribution in [2.75, 3.05) is 18.9 Å². The number of thiazole rings is 1. The molecule has 1 fully saturated rings. The Labute approximate surface area is 178 Å². The molecule has 14 heteroatoms. The third kappa shape index (κ3) is 6.94. The Morgan fingerprint density at radius 3 is 2.77 bits per heavy atom. The van der Waals surface area contributed by atoms with Crippen LogP contribution in [0.1, 0.15) is 30.9 Å². The van der Waals surface area contributed by atoms with Gasteiger partial charge in [0, 0.05) is 36.9 Å². The number of aliphatic imine (C=N–C) groups is 1. The fourth-order valence-electron chi connectivity index (χ4n) is 3.06. The number of hydrogen-bond donors (Lipinski definition) is 4. The molecule has 170 valence electrons. The van der Waals surface area contributed by atoms with Crippen LogP contribution in [0.25, 0.3) is 0 Å². The summed E-state index contributed by atoms with van der Waals surface area (Å²) < 4.78 is 41.9. The van der Waals surface area contributed by atoms with E-state index in [2.05, 4.69) is 20.6 Å². The molecule has 0 aromatic carbocycles. The monoisotopic (exact) mass is 463 g/mol. The first-order chi connectivity index (χ1) is 14.4. The van der Waals surface area contributed by atoms with Crippen molar-refractivity contribution in [3.63, 3.8) is 0 Å². The van der Waals surface area contributed by atoms with E-state index in [9.17, 15) is 27.6 Å². The minimum atomic E-state index is -4.48. The molecule has 10 nitrogen and oxygen atoms in total. The van der Waals surface area contributed by atoms with E-state index in [1.165, 1.54) is 7.05 Å². The number of halogens is 3. The second-order valence-corrected chi connectivity index (χ2v) is 7.48. The number of aromatic nitrogens is 1. The lowest BCUT2D eigenvalue weighted by atomic mass is 9.97. The molecule has 2 rings (SSSR count). The summed E-state index contributed by atoms with van der Waals surface area (Å²) in [5, 5.41) is 15.4. The van der Waals surface area contributed by atoms with Crippen molar-refractivity contribution in [1.82, 2.24) is 10.3 Å². The van der Waals surface area contributed by atoms with E-state index in [4.69, 9.17) is 15.6 Å². The Hall–Kier alpha value is -3.16. The van der Waals surface area contributed by atoms with Crippen molar-refractivity contribution < 1.29 is 37.4 Å². The summed E-state index contributed by atoms with van der Waals surface area (Å²) >= 11 is 1.09. The number of likely N-dealkylation sites (N-methyl/N-ethyl adjacent to an activating group) is 1. The summed E-state index contributed by atoms with van der Waals surface area (Å²) in [6, 6.07) is 0. The molecule has 1 aliphatic carbocycles. The van der Waals surface area contributed by atoms with Gasteiger partial charge in [0.2, 0.25) is 0 Å². The fraction of sp³-hybridized carbons (Fsp3) is 0.471. The zero-order valence-corrected chi connectivity index (χ0v) is 17.0. The van der Waals surface area contributed by atoms with Crippen LogP contribution < -0.4 is 16.4 Å². The first kappa shape index (κ1) is 24.1.